The molecule has 0 fully saturated rings. The second kappa shape index (κ2) is 8.53. The molecule has 0 saturated heterocycles. The lowest BCUT2D eigenvalue weighted by molar-refractivity contribution is 0.190. The molecular weight excluding hydrogens is 308 g/mol. The Bertz CT molecular complexity index is 378. The predicted octanol–water partition coefficient (Wildman–Crippen LogP) is 2.57. The third-order valence-corrected chi connectivity index (χ3v) is 3.66. The number of ether oxygens (including phenoxy) is 2. The molecule has 5 heteroatoms. The van der Waals surface area contributed by atoms with Crippen LogP contribution in [0.15, 0.2) is 22.7 Å². The number of hydrogen-bond donors (Lipinski definition) is 1. The van der Waals surface area contributed by atoms with Crippen LogP contribution in [0.25, 0.3) is 0 Å². The van der Waals surface area contributed by atoms with Gasteiger partial charge in [-0.05, 0) is 24.6 Å². The first-order valence-corrected chi connectivity index (χ1v) is 7.17. The molecule has 1 aromatic carbocycles. The summed E-state index contributed by atoms with van der Waals surface area (Å²) >= 11 is 3.58. The Balaban J connectivity index is 2.85. The van der Waals surface area contributed by atoms with Gasteiger partial charge in [-0.1, -0.05) is 22.0 Å². The number of hydrogen-bond acceptors (Lipinski definition) is 4. The number of halogens is 1. The van der Waals surface area contributed by atoms with Crippen LogP contribution < -0.4 is 10.6 Å². The van der Waals surface area contributed by atoms with E-state index in [1.807, 2.05) is 6.92 Å². The zero-order valence-electron chi connectivity index (χ0n) is 11.9. The van der Waals surface area contributed by atoms with Gasteiger partial charge in [0.25, 0.3) is 0 Å². The van der Waals surface area contributed by atoms with Crippen LogP contribution in [-0.2, 0) is 9.47 Å². The SMILES string of the molecule is COCCN(CCOC)c1ccc(C(C)N)c(Br)c1. The van der Waals surface area contributed by atoms with Gasteiger partial charge in [0, 0.05) is 43.5 Å². The zero-order valence-corrected chi connectivity index (χ0v) is 13.4. The lowest BCUT2D eigenvalue weighted by atomic mass is 10.1. The van der Waals surface area contributed by atoms with E-state index in [4.69, 9.17) is 15.2 Å². The number of benzene rings is 1. The van der Waals surface area contributed by atoms with Gasteiger partial charge < -0.3 is 20.1 Å². The van der Waals surface area contributed by atoms with Crippen molar-refractivity contribution in [2.45, 2.75) is 13.0 Å². The molecule has 0 amide bonds. The average Bonchev–Trinajstić information content (AvgIpc) is 2.38. The van der Waals surface area contributed by atoms with Crippen molar-refractivity contribution < 1.29 is 9.47 Å². The van der Waals surface area contributed by atoms with Gasteiger partial charge in [-0.15, -0.1) is 0 Å². The van der Waals surface area contributed by atoms with Gasteiger partial charge in [0.2, 0.25) is 0 Å². The number of methoxy groups -OCH3 is 2. The van der Waals surface area contributed by atoms with Crippen molar-refractivity contribution in [3.05, 3.63) is 28.2 Å². The van der Waals surface area contributed by atoms with Crippen LogP contribution in [0, 0.1) is 0 Å². The van der Waals surface area contributed by atoms with Gasteiger partial charge in [0.1, 0.15) is 0 Å². The maximum absolute atomic E-state index is 5.92. The van der Waals surface area contributed by atoms with Crippen molar-refractivity contribution in [1.29, 1.82) is 0 Å². The smallest absolute Gasteiger partial charge is 0.0637 e. The molecule has 0 aliphatic heterocycles. The number of nitrogens with two attached hydrogens (primary N) is 1. The summed E-state index contributed by atoms with van der Waals surface area (Å²) in [6, 6.07) is 6.28. The molecule has 1 unspecified atom stereocenters. The van der Waals surface area contributed by atoms with E-state index in [2.05, 4.69) is 39.0 Å². The number of rotatable bonds is 8. The van der Waals surface area contributed by atoms with Gasteiger partial charge in [-0.3, -0.25) is 0 Å². The molecular formula is C14H23BrN2O2. The highest BCUT2D eigenvalue weighted by Gasteiger charge is 2.10. The highest BCUT2D eigenvalue weighted by Crippen LogP contribution is 2.27. The summed E-state index contributed by atoms with van der Waals surface area (Å²) in [5, 5.41) is 0. The maximum Gasteiger partial charge on any atom is 0.0637 e. The van der Waals surface area contributed by atoms with Crippen LogP contribution in [0.4, 0.5) is 5.69 Å². The Morgan fingerprint density at radius 1 is 1.21 bits per heavy atom. The van der Waals surface area contributed by atoms with Gasteiger partial charge in [-0.25, -0.2) is 0 Å². The standard InChI is InChI=1S/C14H23BrN2O2/c1-11(16)13-5-4-12(10-14(13)15)17(6-8-18-2)7-9-19-3/h4-5,10-11H,6-9,16H2,1-3H3. The second-order valence-corrected chi connectivity index (χ2v) is 5.32. The Hall–Kier alpha value is -0.620. The van der Waals surface area contributed by atoms with Gasteiger partial charge >= 0.3 is 0 Å². The third-order valence-electron chi connectivity index (χ3n) is 2.97. The van der Waals surface area contributed by atoms with Gasteiger partial charge in [-0.2, -0.15) is 0 Å². The molecule has 0 radical (unpaired) electrons. The Labute approximate surface area is 124 Å². The van der Waals surface area contributed by atoms with E-state index in [0.29, 0.717) is 13.2 Å². The Kier molecular flexibility index (Phi) is 7.38. The fourth-order valence-corrected chi connectivity index (χ4v) is 2.58. The normalized spacial score (nSPS) is 12.5. The predicted molar refractivity (Wildman–Crippen MR) is 82.7 cm³/mol. The van der Waals surface area contributed by atoms with Crippen LogP contribution in [0.3, 0.4) is 0 Å². The highest BCUT2D eigenvalue weighted by atomic mass is 79.9. The summed E-state index contributed by atoms with van der Waals surface area (Å²) in [7, 11) is 3.42. The van der Waals surface area contributed by atoms with E-state index in [1.165, 1.54) is 0 Å². The monoisotopic (exact) mass is 330 g/mol. The largest absolute Gasteiger partial charge is 0.383 e. The average molecular weight is 331 g/mol. The molecule has 1 aromatic rings. The number of nitrogens with zero attached hydrogens (tertiary/aromatic N) is 1. The Morgan fingerprint density at radius 3 is 2.21 bits per heavy atom. The van der Waals surface area contributed by atoms with Crippen LogP contribution in [0.5, 0.6) is 0 Å². The molecule has 1 atom stereocenters. The van der Waals surface area contributed by atoms with E-state index in [9.17, 15) is 0 Å². The highest BCUT2D eigenvalue weighted by molar-refractivity contribution is 9.10. The van der Waals surface area contributed by atoms with Crippen molar-refractivity contribution >= 4 is 21.6 Å². The van der Waals surface area contributed by atoms with Crippen LogP contribution >= 0.6 is 15.9 Å². The van der Waals surface area contributed by atoms with E-state index in [0.717, 1.165) is 28.8 Å². The summed E-state index contributed by atoms with van der Waals surface area (Å²) in [6.45, 7) is 5.04. The van der Waals surface area contributed by atoms with Crippen molar-refractivity contribution in [3.8, 4) is 0 Å². The van der Waals surface area contributed by atoms with Crippen molar-refractivity contribution in [2.75, 3.05) is 45.4 Å². The van der Waals surface area contributed by atoms with Crippen LogP contribution in [0.2, 0.25) is 0 Å². The molecule has 0 aliphatic carbocycles. The first-order chi connectivity index (χ1) is 9.10. The topological polar surface area (TPSA) is 47.7 Å². The lowest BCUT2D eigenvalue weighted by Crippen LogP contribution is -2.30. The van der Waals surface area contributed by atoms with Gasteiger partial charge in [0.15, 0.2) is 0 Å². The minimum atomic E-state index is 0.0230. The fraction of sp³-hybridized carbons (Fsp3) is 0.571. The van der Waals surface area contributed by atoms with Crippen LogP contribution in [0.1, 0.15) is 18.5 Å². The molecule has 1 rings (SSSR count). The molecule has 108 valence electrons. The second-order valence-electron chi connectivity index (χ2n) is 4.47. The maximum atomic E-state index is 5.92. The first kappa shape index (κ1) is 16.4. The molecule has 0 heterocycles. The minimum absolute atomic E-state index is 0.0230. The fourth-order valence-electron chi connectivity index (χ4n) is 1.85. The first-order valence-electron chi connectivity index (χ1n) is 6.38. The zero-order chi connectivity index (χ0) is 14.3. The summed E-state index contributed by atoms with van der Waals surface area (Å²) in [4.78, 5) is 2.24. The van der Waals surface area contributed by atoms with E-state index >= 15 is 0 Å². The molecule has 0 bridgehead atoms. The summed E-state index contributed by atoms with van der Waals surface area (Å²) in [5.74, 6) is 0. The van der Waals surface area contributed by atoms with Gasteiger partial charge in [0.05, 0.1) is 13.2 Å². The van der Waals surface area contributed by atoms with E-state index < -0.39 is 0 Å². The van der Waals surface area contributed by atoms with Crippen molar-refractivity contribution in [3.63, 3.8) is 0 Å². The minimum Gasteiger partial charge on any atom is -0.383 e. The van der Waals surface area contributed by atoms with E-state index in [-0.39, 0.29) is 6.04 Å². The molecule has 2 N–H and O–H groups in total. The molecule has 0 aromatic heterocycles. The summed E-state index contributed by atoms with van der Waals surface area (Å²) in [6.07, 6.45) is 0. The number of anilines is 1. The molecule has 0 saturated carbocycles. The lowest BCUT2D eigenvalue weighted by Gasteiger charge is -2.25. The molecule has 0 aliphatic rings. The molecule has 19 heavy (non-hydrogen) atoms. The summed E-state index contributed by atoms with van der Waals surface area (Å²) < 4.78 is 11.3. The van der Waals surface area contributed by atoms with Crippen molar-refractivity contribution in [2.24, 2.45) is 5.73 Å². The third kappa shape index (κ3) is 5.10. The summed E-state index contributed by atoms with van der Waals surface area (Å²) in [5.41, 5.74) is 8.17. The molecule has 4 nitrogen and oxygen atoms in total. The van der Waals surface area contributed by atoms with Crippen molar-refractivity contribution in [1.82, 2.24) is 0 Å². The quantitative estimate of drug-likeness (QED) is 0.795. The molecule has 0 spiro atoms. The van der Waals surface area contributed by atoms with E-state index in [1.54, 1.807) is 14.2 Å². The van der Waals surface area contributed by atoms with Crippen LogP contribution in [-0.4, -0.2) is 40.5 Å². The Morgan fingerprint density at radius 2 is 1.79 bits per heavy atom.